The van der Waals surface area contributed by atoms with Crippen molar-refractivity contribution in [2.24, 2.45) is 0 Å². The third-order valence-corrected chi connectivity index (χ3v) is 2.05. The molecule has 0 aromatic rings. The Kier molecular flexibility index (Phi) is 3.25. The van der Waals surface area contributed by atoms with Crippen LogP contribution in [0.1, 0.15) is 13.3 Å². The zero-order valence-corrected chi connectivity index (χ0v) is 7.62. The Morgan fingerprint density at radius 3 is 3.00 bits per heavy atom. The van der Waals surface area contributed by atoms with Crippen molar-refractivity contribution in [1.29, 1.82) is 0 Å². The normalized spacial score (nSPS) is 23.3. The molecule has 1 rings (SSSR count). The summed E-state index contributed by atoms with van der Waals surface area (Å²) in [6, 6.07) is -0.607. The van der Waals surface area contributed by atoms with E-state index in [1.54, 1.807) is 4.90 Å². The van der Waals surface area contributed by atoms with Gasteiger partial charge in [-0.25, -0.2) is 0 Å². The van der Waals surface area contributed by atoms with Crippen LogP contribution in [0.25, 0.3) is 0 Å². The Morgan fingerprint density at radius 1 is 1.77 bits per heavy atom. The number of nitrogens with zero attached hydrogens (tertiary/aromatic N) is 1. The summed E-state index contributed by atoms with van der Waals surface area (Å²) >= 11 is 0. The molecule has 13 heavy (non-hydrogen) atoms. The van der Waals surface area contributed by atoms with Crippen LogP contribution in [0.4, 0.5) is 0 Å². The van der Waals surface area contributed by atoms with E-state index < -0.39 is 12.0 Å². The maximum Gasteiger partial charge on any atom is 0.322 e. The first-order valence-electron chi connectivity index (χ1n) is 4.39. The molecule has 1 unspecified atom stereocenters. The van der Waals surface area contributed by atoms with Crippen LogP contribution in [0.5, 0.6) is 0 Å². The first-order valence-corrected chi connectivity index (χ1v) is 4.39. The van der Waals surface area contributed by atoms with Gasteiger partial charge in [-0.05, 0) is 6.42 Å². The topological polar surface area (TPSA) is 69.6 Å². The van der Waals surface area contributed by atoms with Gasteiger partial charge in [0.2, 0.25) is 5.91 Å². The molecule has 1 atom stereocenters. The van der Waals surface area contributed by atoms with E-state index in [4.69, 9.17) is 5.11 Å². The highest BCUT2D eigenvalue weighted by atomic mass is 16.4. The molecule has 2 N–H and O–H groups in total. The minimum absolute atomic E-state index is 0.0145. The Morgan fingerprint density at radius 2 is 2.46 bits per heavy atom. The Labute approximate surface area is 76.7 Å². The molecule has 0 aromatic heterocycles. The van der Waals surface area contributed by atoms with Crippen molar-refractivity contribution in [3.05, 3.63) is 0 Å². The van der Waals surface area contributed by atoms with Gasteiger partial charge in [0.25, 0.3) is 0 Å². The summed E-state index contributed by atoms with van der Waals surface area (Å²) in [5.74, 6) is -0.909. The third kappa shape index (κ3) is 2.42. The molecule has 1 heterocycles. The molecule has 0 spiro atoms. The van der Waals surface area contributed by atoms with Crippen molar-refractivity contribution in [1.82, 2.24) is 10.2 Å². The number of carbonyl (C=O) groups excluding carboxylic acids is 1. The molecular formula is C8H14N2O3. The van der Waals surface area contributed by atoms with Gasteiger partial charge in [0.05, 0.1) is 6.54 Å². The number of hydrogen-bond donors (Lipinski definition) is 2. The maximum absolute atomic E-state index is 11.2. The highest BCUT2D eigenvalue weighted by molar-refractivity contribution is 5.83. The lowest BCUT2D eigenvalue weighted by Gasteiger charge is -2.31. The fourth-order valence-corrected chi connectivity index (χ4v) is 1.36. The molecule has 1 saturated heterocycles. The van der Waals surface area contributed by atoms with Crippen molar-refractivity contribution in [3.8, 4) is 0 Å². The number of hydrogen-bond acceptors (Lipinski definition) is 3. The lowest BCUT2D eigenvalue weighted by Crippen LogP contribution is -2.57. The second-order valence-corrected chi connectivity index (χ2v) is 3.11. The number of nitrogens with one attached hydrogen (secondary N) is 1. The zero-order valence-electron chi connectivity index (χ0n) is 7.62. The van der Waals surface area contributed by atoms with Gasteiger partial charge in [0.15, 0.2) is 0 Å². The predicted octanol–water partition coefficient (Wildman–Crippen LogP) is -0.719. The maximum atomic E-state index is 11.2. The van der Waals surface area contributed by atoms with E-state index in [1.165, 1.54) is 0 Å². The Balaban J connectivity index is 2.52. The second-order valence-electron chi connectivity index (χ2n) is 3.11. The lowest BCUT2D eigenvalue weighted by atomic mass is 10.2. The van der Waals surface area contributed by atoms with Gasteiger partial charge in [0, 0.05) is 13.1 Å². The van der Waals surface area contributed by atoms with E-state index in [1.807, 2.05) is 6.92 Å². The van der Waals surface area contributed by atoms with Gasteiger partial charge >= 0.3 is 5.97 Å². The lowest BCUT2D eigenvalue weighted by molar-refractivity contribution is -0.144. The number of carboxylic acid groups (broad SMARTS) is 1. The van der Waals surface area contributed by atoms with Gasteiger partial charge in [-0.15, -0.1) is 0 Å². The van der Waals surface area contributed by atoms with Crippen LogP contribution in [0.15, 0.2) is 0 Å². The summed E-state index contributed by atoms with van der Waals surface area (Å²) in [4.78, 5) is 23.4. The minimum atomic E-state index is -0.895. The van der Waals surface area contributed by atoms with Gasteiger partial charge < -0.3 is 10.0 Å². The predicted molar refractivity (Wildman–Crippen MR) is 46.3 cm³/mol. The van der Waals surface area contributed by atoms with Crippen molar-refractivity contribution in [2.75, 3.05) is 19.6 Å². The van der Waals surface area contributed by atoms with Crippen molar-refractivity contribution >= 4 is 11.9 Å². The molecule has 0 saturated carbocycles. The number of rotatable bonds is 3. The number of carbonyl (C=O) groups is 2. The Bertz CT molecular complexity index is 217. The molecule has 1 aliphatic rings. The van der Waals surface area contributed by atoms with Gasteiger partial charge in [-0.1, -0.05) is 6.92 Å². The van der Waals surface area contributed by atoms with E-state index in [2.05, 4.69) is 5.32 Å². The van der Waals surface area contributed by atoms with Crippen molar-refractivity contribution < 1.29 is 14.7 Å². The van der Waals surface area contributed by atoms with Crippen LogP contribution in [-0.4, -0.2) is 47.6 Å². The third-order valence-electron chi connectivity index (χ3n) is 2.05. The average molecular weight is 186 g/mol. The van der Waals surface area contributed by atoms with Crippen LogP contribution in [0.2, 0.25) is 0 Å². The van der Waals surface area contributed by atoms with E-state index >= 15 is 0 Å². The van der Waals surface area contributed by atoms with Gasteiger partial charge in [0.1, 0.15) is 6.04 Å². The first-order chi connectivity index (χ1) is 6.15. The molecule has 5 nitrogen and oxygen atoms in total. The highest BCUT2D eigenvalue weighted by Crippen LogP contribution is 2.01. The monoisotopic (exact) mass is 186 g/mol. The Hall–Kier alpha value is -1.10. The van der Waals surface area contributed by atoms with Crippen molar-refractivity contribution in [2.45, 2.75) is 19.4 Å². The minimum Gasteiger partial charge on any atom is -0.480 e. The SMILES string of the molecule is CCCN1CC(C(=O)O)NCC1=O. The number of piperazine rings is 1. The second kappa shape index (κ2) is 4.23. The van der Waals surface area contributed by atoms with E-state index in [0.717, 1.165) is 6.42 Å². The smallest absolute Gasteiger partial charge is 0.322 e. The molecule has 1 fully saturated rings. The van der Waals surface area contributed by atoms with E-state index in [-0.39, 0.29) is 19.0 Å². The quantitative estimate of drug-likeness (QED) is 0.610. The molecule has 74 valence electrons. The molecule has 0 aliphatic carbocycles. The summed E-state index contributed by atoms with van der Waals surface area (Å²) in [5, 5.41) is 11.4. The summed E-state index contributed by atoms with van der Waals surface area (Å²) in [6.07, 6.45) is 0.859. The summed E-state index contributed by atoms with van der Waals surface area (Å²) < 4.78 is 0. The number of carboxylic acids is 1. The van der Waals surface area contributed by atoms with Gasteiger partial charge in [-0.3, -0.25) is 14.9 Å². The molecule has 0 radical (unpaired) electrons. The van der Waals surface area contributed by atoms with Crippen molar-refractivity contribution in [3.63, 3.8) is 0 Å². The van der Waals surface area contributed by atoms with E-state index in [0.29, 0.717) is 6.54 Å². The summed E-state index contributed by atoms with van der Waals surface area (Å²) in [5.41, 5.74) is 0. The van der Waals surface area contributed by atoms with Crippen LogP contribution < -0.4 is 5.32 Å². The van der Waals surface area contributed by atoms with E-state index in [9.17, 15) is 9.59 Å². The van der Waals surface area contributed by atoms with Crippen LogP contribution >= 0.6 is 0 Å². The highest BCUT2D eigenvalue weighted by Gasteiger charge is 2.28. The van der Waals surface area contributed by atoms with Gasteiger partial charge in [-0.2, -0.15) is 0 Å². The summed E-state index contributed by atoms with van der Waals surface area (Å²) in [7, 11) is 0. The molecular weight excluding hydrogens is 172 g/mol. The molecule has 5 heteroatoms. The molecule has 1 amide bonds. The molecule has 0 aromatic carbocycles. The average Bonchev–Trinajstić information content (AvgIpc) is 2.08. The molecule has 0 bridgehead atoms. The zero-order chi connectivity index (χ0) is 9.84. The van der Waals surface area contributed by atoms with Crippen LogP contribution in [-0.2, 0) is 9.59 Å². The largest absolute Gasteiger partial charge is 0.480 e. The fraction of sp³-hybridized carbons (Fsp3) is 0.750. The first kappa shape index (κ1) is 9.98. The number of amides is 1. The number of aliphatic carboxylic acids is 1. The van der Waals surface area contributed by atoms with Crippen LogP contribution in [0.3, 0.4) is 0 Å². The standard InChI is InChI=1S/C8H14N2O3/c1-2-3-10-5-6(8(12)13)9-4-7(10)11/h6,9H,2-5H2,1H3,(H,12,13). The fourth-order valence-electron chi connectivity index (χ4n) is 1.36. The summed E-state index contributed by atoms with van der Waals surface area (Å²) in [6.45, 7) is 3.02. The van der Waals surface area contributed by atoms with Crippen LogP contribution in [0, 0.1) is 0 Å². The molecule has 1 aliphatic heterocycles.